The Labute approximate surface area is 242 Å². The van der Waals surface area contributed by atoms with Crippen molar-refractivity contribution in [3.8, 4) is 17.0 Å². The average Bonchev–Trinajstić information content (AvgIpc) is 3.39. The van der Waals surface area contributed by atoms with Crippen molar-refractivity contribution in [2.45, 2.75) is 43.7 Å². The third-order valence-electron chi connectivity index (χ3n) is 9.49. The van der Waals surface area contributed by atoms with Crippen molar-refractivity contribution in [1.82, 2.24) is 9.88 Å². The van der Waals surface area contributed by atoms with E-state index in [4.69, 9.17) is 10.5 Å². The second-order valence-electron chi connectivity index (χ2n) is 12.1. The summed E-state index contributed by atoms with van der Waals surface area (Å²) in [5, 5.41) is 45.1. The molecule has 2 heterocycles. The van der Waals surface area contributed by atoms with Crippen LogP contribution < -0.4 is 5.73 Å². The molecule has 0 unspecified atom stereocenters. The molecule has 4 aliphatic rings. The first-order chi connectivity index (χ1) is 19.9. The number of H-pyrrole nitrogens is 1. The Morgan fingerprint density at radius 1 is 1.12 bits per heavy atom. The fourth-order valence-electron chi connectivity index (χ4n) is 7.47. The maximum atomic E-state index is 14.0. The van der Waals surface area contributed by atoms with Crippen LogP contribution in [0.1, 0.15) is 36.1 Å². The zero-order valence-electron chi connectivity index (χ0n) is 23.5. The minimum Gasteiger partial charge on any atom is -0.508 e. The summed E-state index contributed by atoms with van der Waals surface area (Å²) in [7, 11) is 3.15. The number of aromatic nitrogens is 1. The number of aromatic amines is 1. The van der Waals surface area contributed by atoms with Gasteiger partial charge in [0.25, 0.3) is 5.91 Å². The van der Waals surface area contributed by atoms with Crippen molar-refractivity contribution in [2.75, 3.05) is 27.3 Å². The molecule has 0 spiro atoms. The summed E-state index contributed by atoms with van der Waals surface area (Å²) >= 11 is 0. The van der Waals surface area contributed by atoms with Gasteiger partial charge >= 0.3 is 0 Å². The van der Waals surface area contributed by atoms with Gasteiger partial charge < -0.3 is 35.9 Å². The van der Waals surface area contributed by atoms with E-state index in [9.17, 15) is 34.8 Å². The summed E-state index contributed by atoms with van der Waals surface area (Å²) in [5.74, 6) is -6.13. The Kier molecular flexibility index (Phi) is 6.79. The van der Waals surface area contributed by atoms with Gasteiger partial charge in [-0.2, -0.15) is 0 Å². The highest BCUT2D eigenvalue weighted by Crippen LogP contribution is 2.53. The molecular weight excluding hydrogens is 542 g/mol. The lowest BCUT2D eigenvalue weighted by atomic mass is 9.57. The molecule has 4 atom stereocenters. The number of nitrogens with two attached hydrogens (primary N) is 1. The number of nitrogens with one attached hydrogen (secondary N) is 1. The summed E-state index contributed by atoms with van der Waals surface area (Å²) in [5.41, 5.74) is 5.05. The molecule has 1 aromatic heterocycles. The molecule has 2 aromatic rings. The lowest BCUT2D eigenvalue weighted by Crippen LogP contribution is -2.65. The van der Waals surface area contributed by atoms with Gasteiger partial charge in [0, 0.05) is 41.7 Å². The number of nitrogens with zero attached hydrogens (tertiary/aromatic N) is 1. The molecule has 1 saturated carbocycles. The normalized spacial score (nSPS) is 28.1. The number of primary amides is 1. The summed E-state index contributed by atoms with van der Waals surface area (Å²) in [4.78, 5) is 44.4. The Balaban J connectivity index is 1.44. The molecule has 11 heteroatoms. The average molecular weight is 578 g/mol. The van der Waals surface area contributed by atoms with E-state index in [1.54, 1.807) is 20.2 Å². The number of carbonyl (C=O) groups is 3. The number of phenols is 1. The molecule has 1 amide bonds. The number of amides is 1. The van der Waals surface area contributed by atoms with Crippen molar-refractivity contribution in [2.24, 2.45) is 23.5 Å². The van der Waals surface area contributed by atoms with Gasteiger partial charge in [-0.15, -0.1) is 0 Å². The van der Waals surface area contributed by atoms with Crippen molar-refractivity contribution in [3.63, 3.8) is 0 Å². The number of likely N-dealkylation sites (N-methyl/N-ethyl adjacent to an activating group) is 1. The Bertz CT molecular complexity index is 1560. The van der Waals surface area contributed by atoms with Gasteiger partial charge in [-0.05, 0) is 87.9 Å². The number of aliphatic hydroxyl groups excluding tert-OH is 2. The number of rotatable bonds is 5. The topological polar surface area (TPSA) is 186 Å². The largest absolute Gasteiger partial charge is 0.508 e. The third-order valence-corrected chi connectivity index (χ3v) is 9.49. The molecule has 7 N–H and O–H groups in total. The fraction of sp³-hybridized carbons (Fsp3) is 0.452. The van der Waals surface area contributed by atoms with Crippen molar-refractivity contribution >= 4 is 23.2 Å². The second-order valence-corrected chi connectivity index (χ2v) is 12.1. The fourth-order valence-corrected chi connectivity index (χ4v) is 7.47. The summed E-state index contributed by atoms with van der Waals surface area (Å²) < 4.78 is 5.47. The van der Waals surface area contributed by atoms with Gasteiger partial charge in [0.05, 0.1) is 11.6 Å². The number of aromatic hydroxyl groups is 1. The maximum Gasteiger partial charge on any atom is 0.255 e. The van der Waals surface area contributed by atoms with Crippen LogP contribution in [-0.2, 0) is 32.0 Å². The molecule has 222 valence electrons. The number of benzene rings is 1. The monoisotopic (exact) mass is 577 g/mol. The molecule has 11 nitrogen and oxygen atoms in total. The molecule has 42 heavy (non-hydrogen) atoms. The van der Waals surface area contributed by atoms with E-state index in [-0.39, 0.29) is 29.7 Å². The number of carbonyl (C=O) groups excluding carboxylic acids is 3. The molecule has 1 aromatic carbocycles. The van der Waals surface area contributed by atoms with E-state index in [0.717, 1.165) is 49.4 Å². The van der Waals surface area contributed by atoms with Crippen LogP contribution in [0.4, 0.5) is 0 Å². The molecule has 0 radical (unpaired) electrons. The van der Waals surface area contributed by atoms with Gasteiger partial charge in [0.1, 0.15) is 22.8 Å². The number of ether oxygens (including phenoxy) is 1. The molecule has 1 aliphatic heterocycles. The number of phenolic OH excluding ortho intramolecular Hbond substituents is 1. The van der Waals surface area contributed by atoms with Crippen LogP contribution in [0.15, 0.2) is 41.2 Å². The highest BCUT2D eigenvalue weighted by Gasteiger charge is 2.64. The predicted octanol–water partition coefficient (Wildman–Crippen LogP) is 1.93. The molecule has 3 aliphatic carbocycles. The van der Waals surface area contributed by atoms with E-state index >= 15 is 0 Å². The van der Waals surface area contributed by atoms with Crippen molar-refractivity contribution < 1.29 is 39.5 Å². The zero-order valence-corrected chi connectivity index (χ0v) is 23.5. The number of hydrogen-bond acceptors (Lipinski definition) is 9. The highest BCUT2D eigenvalue weighted by atomic mass is 16.5. The van der Waals surface area contributed by atoms with Gasteiger partial charge in [-0.25, -0.2) is 0 Å². The van der Waals surface area contributed by atoms with E-state index < -0.39 is 58.0 Å². The van der Waals surface area contributed by atoms with Crippen LogP contribution in [0.25, 0.3) is 17.0 Å². The van der Waals surface area contributed by atoms with E-state index in [1.165, 1.54) is 11.0 Å². The minimum absolute atomic E-state index is 0.0422. The second kappa shape index (κ2) is 10.1. The van der Waals surface area contributed by atoms with Crippen molar-refractivity contribution in [3.05, 3.63) is 58.0 Å². The molecule has 2 fully saturated rings. The zero-order chi connectivity index (χ0) is 30.1. The first-order valence-electron chi connectivity index (χ1n) is 14.2. The number of Topliss-reactive ketones (excluding diaryl/α,β-unsaturated/α-hetero) is 2. The van der Waals surface area contributed by atoms with Crippen LogP contribution in [0.5, 0.6) is 5.75 Å². The summed E-state index contributed by atoms with van der Waals surface area (Å²) in [6.45, 7) is 1.51. The number of ketones is 2. The summed E-state index contributed by atoms with van der Waals surface area (Å²) in [6.07, 6.45) is 3.14. The van der Waals surface area contributed by atoms with E-state index in [1.807, 2.05) is 12.1 Å². The van der Waals surface area contributed by atoms with E-state index in [2.05, 4.69) is 4.98 Å². The molecule has 0 bridgehead atoms. The van der Waals surface area contributed by atoms with Gasteiger partial charge in [0.2, 0.25) is 5.78 Å². The molecule has 1 saturated heterocycles. The Morgan fingerprint density at radius 3 is 2.50 bits per heavy atom. The van der Waals surface area contributed by atoms with Crippen LogP contribution in [0.3, 0.4) is 0 Å². The van der Waals surface area contributed by atoms with Crippen LogP contribution >= 0.6 is 0 Å². The van der Waals surface area contributed by atoms with Crippen LogP contribution in [-0.4, -0.2) is 86.7 Å². The predicted molar refractivity (Wildman–Crippen MR) is 151 cm³/mol. The standard InChI is InChI=1S/C31H35N3O8/c1-34(2)25-19-13-15-12-18-17(20-5-3-16(33-20)11-14-7-9-42-10-8-14)4-6-21(35)23(18)26(36)22(15)28(38)31(19,41)29(39)24(27(25)37)30(32)40/h3-6,14-15,19,25,33,35-36,39,41H,7-13H2,1-2H3,(H2,32,40)/t15-,19-,25-,31-/m1/s1. The van der Waals surface area contributed by atoms with Crippen LogP contribution in [0, 0.1) is 17.8 Å². The number of hydrogen-bond donors (Lipinski definition) is 6. The molecule has 6 rings (SSSR count). The first-order valence-corrected chi connectivity index (χ1v) is 14.2. The lowest BCUT2D eigenvalue weighted by Gasteiger charge is -2.50. The molecular formula is C31H35N3O8. The minimum atomic E-state index is -2.66. The van der Waals surface area contributed by atoms with Gasteiger partial charge in [-0.3, -0.25) is 19.3 Å². The van der Waals surface area contributed by atoms with Gasteiger partial charge in [-0.1, -0.05) is 0 Å². The lowest BCUT2D eigenvalue weighted by molar-refractivity contribution is -0.153. The Hall–Kier alpha value is -3.93. The SMILES string of the molecule is CN(C)[C@H]1C(=O)C(C(N)=O)=C(O)[C@]2(O)C(=O)C3=C(O)c4c(O)ccc(-c5ccc(CC6CCOCC6)[nH]5)c4C[C@@H]3C[C@H]12. The van der Waals surface area contributed by atoms with Crippen LogP contribution in [0.2, 0.25) is 0 Å². The number of aliphatic hydroxyl groups is 3. The van der Waals surface area contributed by atoms with Crippen molar-refractivity contribution in [1.29, 1.82) is 0 Å². The quantitative estimate of drug-likeness (QED) is 0.289. The maximum absolute atomic E-state index is 14.0. The third kappa shape index (κ3) is 4.10. The highest BCUT2D eigenvalue weighted by molar-refractivity contribution is 6.24. The smallest absolute Gasteiger partial charge is 0.255 e. The van der Waals surface area contributed by atoms with E-state index in [0.29, 0.717) is 11.5 Å². The Morgan fingerprint density at radius 2 is 1.83 bits per heavy atom. The first kappa shape index (κ1) is 28.2. The van der Waals surface area contributed by atoms with Gasteiger partial charge in [0.15, 0.2) is 11.4 Å². The summed E-state index contributed by atoms with van der Waals surface area (Å²) in [6, 6.07) is 6.07. The number of fused-ring (bicyclic) bond motifs is 3.